The van der Waals surface area contributed by atoms with Crippen LogP contribution in [-0.2, 0) is 0 Å². The highest BCUT2D eigenvalue weighted by atomic mass is 16.3. The largest absolute Gasteiger partial charge is 0.456 e. The van der Waals surface area contributed by atoms with Gasteiger partial charge in [-0.05, 0) is 69.2 Å². The maximum Gasteiger partial charge on any atom is 0.137 e. The molecule has 0 fully saturated rings. The van der Waals surface area contributed by atoms with E-state index in [1.54, 1.807) is 0 Å². The van der Waals surface area contributed by atoms with Crippen molar-refractivity contribution in [3.8, 4) is 22.3 Å². The monoisotopic (exact) mass is 677 g/mol. The number of nitrogens with zero attached hydrogens (tertiary/aromatic N) is 1. The third-order valence-electron chi connectivity index (χ3n) is 10.7. The molecule has 0 bridgehead atoms. The summed E-state index contributed by atoms with van der Waals surface area (Å²) in [6, 6.07) is 66.8. The Labute approximate surface area is 305 Å². The van der Waals surface area contributed by atoms with Crippen LogP contribution in [0, 0.1) is 0 Å². The quantitative estimate of drug-likeness (QED) is 0.170. The zero-order valence-corrected chi connectivity index (χ0v) is 28.7. The second-order valence-electron chi connectivity index (χ2n) is 13.6. The van der Waals surface area contributed by atoms with Gasteiger partial charge in [-0.15, -0.1) is 0 Å². The van der Waals surface area contributed by atoms with Crippen LogP contribution in [0.1, 0.15) is 0 Å². The lowest BCUT2D eigenvalue weighted by molar-refractivity contribution is 0.669. The minimum Gasteiger partial charge on any atom is -0.456 e. The topological polar surface area (TPSA) is 29.5 Å². The average molecular weight is 678 g/mol. The molecule has 0 radical (unpaired) electrons. The number of hydrogen-bond donors (Lipinski definition) is 0. The Morgan fingerprint density at radius 2 is 0.849 bits per heavy atom. The fourth-order valence-electron chi connectivity index (χ4n) is 8.29. The van der Waals surface area contributed by atoms with Crippen LogP contribution < -0.4 is 4.90 Å². The maximum absolute atomic E-state index is 6.54. The third kappa shape index (κ3) is 4.61. The Kier molecular flexibility index (Phi) is 6.55. The first-order valence-electron chi connectivity index (χ1n) is 18.0. The molecule has 248 valence electrons. The molecule has 53 heavy (non-hydrogen) atoms. The Balaban J connectivity index is 1.28. The van der Waals surface area contributed by atoms with Gasteiger partial charge in [0.05, 0.1) is 16.8 Å². The Morgan fingerprint density at radius 3 is 1.62 bits per heavy atom. The number of para-hydroxylation sites is 2. The van der Waals surface area contributed by atoms with Crippen LogP contribution in [-0.4, -0.2) is 0 Å². The van der Waals surface area contributed by atoms with E-state index >= 15 is 0 Å². The molecule has 3 nitrogen and oxygen atoms in total. The normalized spacial score (nSPS) is 11.8. The smallest absolute Gasteiger partial charge is 0.137 e. The van der Waals surface area contributed by atoms with E-state index in [9.17, 15) is 0 Å². The molecule has 0 unspecified atom stereocenters. The van der Waals surface area contributed by atoms with Crippen molar-refractivity contribution >= 4 is 82.5 Å². The van der Waals surface area contributed by atoms with Crippen molar-refractivity contribution in [3.05, 3.63) is 188 Å². The average Bonchev–Trinajstić information content (AvgIpc) is 3.80. The van der Waals surface area contributed by atoms with Crippen molar-refractivity contribution in [1.82, 2.24) is 0 Å². The summed E-state index contributed by atoms with van der Waals surface area (Å²) in [5.74, 6) is 0. The molecule has 0 saturated heterocycles. The third-order valence-corrected chi connectivity index (χ3v) is 10.7. The molecular formula is C50H31NO2. The van der Waals surface area contributed by atoms with Crippen LogP contribution >= 0.6 is 0 Å². The molecule has 3 heteroatoms. The van der Waals surface area contributed by atoms with Gasteiger partial charge in [0.25, 0.3) is 0 Å². The summed E-state index contributed by atoms with van der Waals surface area (Å²) in [6.45, 7) is 0. The molecule has 0 saturated carbocycles. The van der Waals surface area contributed by atoms with E-state index in [1.165, 1.54) is 27.3 Å². The number of anilines is 3. The second kappa shape index (κ2) is 11.7. The van der Waals surface area contributed by atoms with Gasteiger partial charge in [0.2, 0.25) is 0 Å². The van der Waals surface area contributed by atoms with Crippen molar-refractivity contribution < 1.29 is 8.83 Å². The fraction of sp³-hybridized carbons (Fsp3) is 0. The van der Waals surface area contributed by atoms with E-state index in [0.29, 0.717) is 0 Å². The first kappa shape index (κ1) is 29.6. The number of rotatable bonds is 5. The highest BCUT2D eigenvalue weighted by Crippen LogP contribution is 2.52. The van der Waals surface area contributed by atoms with E-state index in [4.69, 9.17) is 8.83 Å². The summed E-state index contributed by atoms with van der Waals surface area (Å²) in [6.07, 6.45) is 0. The van der Waals surface area contributed by atoms with Crippen molar-refractivity contribution in [2.75, 3.05) is 4.90 Å². The first-order valence-corrected chi connectivity index (χ1v) is 18.0. The molecule has 2 aromatic heterocycles. The molecule has 11 rings (SSSR count). The van der Waals surface area contributed by atoms with Gasteiger partial charge >= 0.3 is 0 Å². The van der Waals surface area contributed by atoms with E-state index in [-0.39, 0.29) is 0 Å². The summed E-state index contributed by atoms with van der Waals surface area (Å²) in [7, 11) is 0. The van der Waals surface area contributed by atoms with Crippen LogP contribution in [0.5, 0.6) is 0 Å². The number of furan rings is 2. The fourth-order valence-corrected chi connectivity index (χ4v) is 8.29. The Morgan fingerprint density at radius 1 is 0.321 bits per heavy atom. The predicted molar refractivity (Wildman–Crippen MR) is 222 cm³/mol. The van der Waals surface area contributed by atoms with Gasteiger partial charge in [0.1, 0.15) is 22.3 Å². The maximum atomic E-state index is 6.54. The molecule has 9 aromatic carbocycles. The molecule has 0 aliphatic heterocycles. The first-order chi connectivity index (χ1) is 26.3. The van der Waals surface area contributed by atoms with Crippen LogP contribution in [0.2, 0.25) is 0 Å². The van der Waals surface area contributed by atoms with Gasteiger partial charge in [-0.3, -0.25) is 0 Å². The summed E-state index contributed by atoms with van der Waals surface area (Å²) < 4.78 is 13.0. The van der Waals surface area contributed by atoms with Gasteiger partial charge in [0.15, 0.2) is 0 Å². The summed E-state index contributed by atoms with van der Waals surface area (Å²) >= 11 is 0. The summed E-state index contributed by atoms with van der Waals surface area (Å²) in [5, 5.41) is 9.10. The molecule has 0 aliphatic rings. The zero-order chi connectivity index (χ0) is 34.9. The van der Waals surface area contributed by atoms with Crippen LogP contribution in [0.15, 0.2) is 197 Å². The highest BCUT2D eigenvalue weighted by molar-refractivity contribution is 6.24. The predicted octanol–water partition coefficient (Wildman–Crippen LogP) is 14.6. The summed E-state index contributed by atoms with van der Waals surface area (Å²) in [5.41, 5.74) is 11.2. The number of hydrogen-bond acceptors (Lipinski definition) is 3. The van der Waals surface area contributed by atoms with Crippen LogP contribution in [0.25, 0.3) is 87.7 Å². The minimum atomic E-state index is 0.844. The molecule has 0 spiro atoms. The van der Waals surface area contributed by atoms with Crippen molar-refractivity contribution in [2.45, 2.75) is 0 Å². The minimum absolute atomic E-state index is 0.844. The molecule has 0 amide bonds. The lowest BCUT2D eigenvalue weighted by Crippen LogP contribution is -2.12. The lowest BCUT2D eigenvalue weighted by Gasteiger charge is -2.31. The molecule has 2 heterocycles. The van der Waals surface area contributed by atoms with Crippen molar-refractivity contribution in [1.29, 1.82) is 0 Å². The van der Waals surface area contributed by atoms with E-state index in [1.807, 2.05) is 18.2 Å². The van der Waals surface area contributed by atoms with E-state index in [0.717, 1.165) is 77.5 Å². The van der Waals surface area contributed by atoms with Gasteiger partial charge in [-0.2, -0.15) is 0 Å². The van der Waals surface area contributed by atoms with Crippen molar-refractivity contribution in [3.63, 3.8) is 0 Å². The molecular weight excluding hydrogens is 647 g/mol. The number of benzene rings is 9. The molecule has 0 N–H and O–H groups in total. The zero-order valence-electron chi connectivity index (χ0n) is 28.7. The van der Waals surface area contributed by atoms with Crippen molar-refractivity contribution in [2.24, 2.45) is 0 Å². The van der Waals surface area contributed by atoms with Gasteiger partial charge in [-0.25, -0.2) is 0 Å². The Hall–Kier alpha value is -7.10. The standard InChI is InChI=1S/C50H31NO2/c1-2-13-32(14-3-1)33-25-27-34(28-26-33)48-40-18-6-4-15-36(40)37-16-5-7-19-41(37)50(48)51(35-29-30-39-38-17-8-10-22-44(38)53-47(39)31-35)43-21-12-24-46-49(43)42-20-9-11-23-45(42)52-46/h1-31H. The Bertz CT molecular complexity index is 3170. The molecule has 0 atom stereocenters. The van der Waals surface area contributed by atoms with Gasteiger partial charge in [0, 0.05) is 38.9 Å². The second-order valence-corrected chi connectivity index (χ2v) is 13.6. The summed E-state index contributed by atoms with van der Waals surface area (Å²) in [4.78, 5) is 2.44. The molecule has 11 aromatic rings. The number of fused-ring (bicyclic) bond motifs is 9. The molecule has 0 aliphatic carbocycles. The SMILES string of the molecule is c1ccc(-c2ccc(-c3c(N(c4ccc5c(c4)oc4ccccc45)c4cccc5oc6ccccc6c45)c4ccccc4c4ccccc34)cc2)cc1. The highest BCUT2D eigenvalue weighted by Gasteiger charge is 2.26. The lowest BCUT2D eigenvalue weighted by atomic mass is 9.89. The van der Waals surface area contributed by atoms with Gasteiger partial charge < -0.3 is 13.7 Å². The van der Waals surface area contributed by atoms with Gasteiger partial charge in [-0.1, -0.05) is 146 Å². The van der Waals surface area contributed by atoms with Crippen LogP contribution in [0.4, 0.5) is 17.1 Å². The van der Waals surface area contributed by atoms with E-state index < -0.39 is 0 Å². The van der Waals surface area contributed by atoms with E-state index in [2.05, 4.69) is 175 Å². The van der Waals surface area contributed by atoms with Crippen LogP contribution in [0.3, 0.4) is 0 Å².